The van der Waals surface area contributed by atoms with Crippen LogP contribution in [0.15, 0.2) is 0 Å². The molecule has 0 aromatic rings. The summed E-state index contributed by atoms with van der Waals surface area (Å²) in [5.41, 5.74) is 0. The maximum atomic E-state index is 10.2. The van der Waals surface area contributed by atoms with E-state index in [1.165, 1.54) is 0 Å². The fourth-order valence-corrected chi connectivity index (χ4v) is 1.42. The summed E-state index contributed by atoms with van der Waals surface area (Å²) in [5, 5.41) is 0. The molecule has 2 radical (unpaired) electrons. The van der Waals surface area contributed by atoms with Crippen molar-refractivity contribution in [2.24, 2.45) is 0 Å². The topological polar surface area (TPSA) is 70.1 Å². The minimum atomic E-state index is -3.90. The third kappa shape index (κ3) is 4.21. The van der Waals surface area contributed by atoms with E-state index >= 15 is 0 Å². The molecule has 4 nitrogen and oxygen atoms in total. The summed E-state index contributed by atoms with van der Waals surface area (Å²) < 4.78 is 14.7. The summed E-state index contributed by atoms with van der Waals surface area (Å²) >= 11 is 0. The van der Waals surface area contributed by atoms with Crippen LogP contribution in [0.3, 0.4) is 0 Å². The maximum Gasteiger partial charge on any atom is 0.356 e. The van der Waals surface area contributed by atoms with Crippen LogP contribution in [0.2, 0.25) is 0 Å². The molecule has 1 aliphatic heterocycles. The van der Waals surface area contributed by atoms with Crippen LogP contribution >= 0.6 is 7.60 Å². The fraction of sp³-hybridized carbons (Fsp3) is 1.00. The molecule has 1 heterocycles. The normalized spacial score (nSPS) is 29.9. The first-order chi connectivity index (χ1) is 3.52. The van der Waals surface area contributed by atoms with Crippen molar-refractivity contribution in [3.63, 3.8) is 0 Å². The van der Waals surface area contributed by atoms with Gasteiger partial charge in [0.05, 0.1) is 6.10 Å². The van der Waals surface area contributed by atoms with Crippen molar-refractivity contribution < 1.29 is 19.1 Å². The van der Waals surface area contributed by atoms with Crippen LogP contribution in [0.4, 0.5) is 0 Å². The zero-order chi connectivity index (χ0) is 6.36. The zero-order valence-electron chi connectivity index (χ0n) is 6.31. The minimum absolute atomic E-state index is 0. The smallest absolute Gasteiger partial charge is 0.356 e. The first-order valence-electron chi connectivity index (χ1n) is 2.22. The van der Waals surface area contributed by atoms with Gasteiger partial charge in [0.25, 0.3) is 0 Å². The molecule has 7 heteroatoms. The molecule has 0 saturated carbocycles. The Kier molecular flexibility index (Phi) is 7.27. The third-order valence-corrected chi connectivity index (χ3v) is 2.22. The Morgan fingerprint density at radius 3 is 1.70 bits per heavy atom. The van der Waals surface area contributed by atoms with E-state index in [-0.39, 0.29) is 65.2 Å². The van der Waals surface area contributed by atoms with Gasteiger partial charge < -0.3 is 14.5 Å². The zero-order valence-corrected chi connectivity index (χ0v) is 11.2. The Bertz CT molecular complexity index is 145. The molecule has 1 aliphatic rings. The monoisotopic (exact) mass is 184 g/mol. The van der Waals surface area contributed by atoms with E-state index in [1.807, 2.05) is 0 Å². The second kappa shape index (κ2) is 4.97. The van der Waals surface area contributed by atoms with E-state index in [9.17, 15) is 4.57 Å². The van der Waals surface area contributed by atoms with Gasteiger partial charge in [-0.1, -0.05) is 0 Å². The Morgan fingerprint density at radius 2 is 1.70 bits per heavy atom. The van der Waals surface area contributed by atoms with Crippen LogP contribution in [0.5, 0.6) is 0 Å². The number of ether oxygens (including phenoxy) is 1. The van der Waals surface area contributed by atoms with Crippen LogP contribution in [-0.4, -0.2) is 80.9 Å². The maximum absolute atomic E-state index is 10.2. The van der Waals surface area contributed by atoms with Crippen LogP contribution in [0.1, 0.15) is 6.92 Å². The van der Waals surface area contributed by atoms with Crippen molar-refractivity contribution in [3.8, 4) is 0 Å². The summed E-state index contributed by atoms with van der Waals surface area (Å²) in [5.74, 6) is -0.817. The van der Waals surface area contributed by atoms with Gasteiger partial charge in [0.15, 0.2) is 5.85 Å². The fourth-order valence-electron chi connectivity index (χ4n) is 0.527. The number of rotatable bonds is 1. The Labute approximate surface area is 103 Å². The van der Waals surface area contributed by atoms with Gasteiger partial charge in [-0.2, -0.15) is 0 Å². The Hall–Kier alpha value is 2.11. The van der Waals surface area contributed by atoms with Crippen LogP contribution in [-0.2, 0) is 9.30 Å². The van der Waals surface area contributed by atoms with E-state index in [2.05, 4.69) is 4.74 Å². The van der Waals surface area contributed by atoms with E-state index in [0.717, 1.165) is 0 Å². The predicted molar refractivity (Wildman–Crippen MR) is 37.9 cm³/mol. The molecule has 50 valence electrons. The molecule has 0 aromatic heterocycles. The van der Waals surface area contributed by atoms with Crippen molar-refractivity contribution in [3.05, 3.63) is 0 Å². The molecular formula is C3H7Na2O4P. The molecule has 1 rings (SSSR count). The molecule has 1 saturated heterocycles. The van der Waals surface area contributed by atoms with Gasteiger partial charge in [-0.3, -0.25) is 4.57 Å². The number of hydrogen-bond acceptors (Lipinski definition) is 2. The summed E-state index contributed by atoms with van der Waals surface area (Å²) in [4.78, 5) is 16.6. The van der Waals surface area contributed by atoms with E-state index in [4.69, 9.17) is 9.79 Å². The molecule has 2 atom stereocenters. The van der Waals surface area contributed by atoms with E-state index < -0.39 is 13.4 Å². The van der Waals surface area contributed by atoms with Gasteiger partial charge in [-0.25, -0.2) is 0 Å². The van der Waals surface area contributed by atoms with Crippen LogP contribution in [0.25, 0.3) is 0 Å². The Morgan fingerprint density at radius 1 is 1.40 bits per heavy atom. The van der Waals surface area contributed by atoms with Crippen molar-refractivity contribution in [2.45, 2.75) is 18.9 Å². The first-order valence-corrected chi connectivity index (χ1v) is 3.90. The summed E-state index contributed by atoms with van der Waals surface area (Å²) in [6, 6.07) is 0. The minimum Gasteiger partial charge on any atom is -0.356 e. The van der Waals surface area contributed by atoms with Gasteiger partial charge in [0.2, 0.25) is 0 Å². The number of hydrogen-bond donors (Lipinski definition) is 2. The molecule has 1 fully saturated rings. The standard InChI is InChI=1S/C3H7O4P.2Na/c1-2-3(7-2)8(4,5)6;;/h2-3H,1H3,(H2,4,5,6);;/t2-,3+;;/m0../s1. The largest absolute Gasteiger partial charge is 0.356 e. The van der Waals surface area contributed by atoms with Crippen molar-refractivity contribution in [2.75, 3.05) is 0 Å². The molecule has 0 amide bonds. The van der Waals surface area contributed by atoms with E-state index in [0.29, 0.717) is 0 Å². The van der Waals surface area contributed by atoms with Gasteiger partial charge in [-0.15, -0.1) is 0 Å². The average Bonchev–Trinajstić information content (AvgIpc) is 2.13. The van der Waals surface area contributed by atoms with Gasteiger partial charge in [-0.05, 0) is 6.92 Å². The third-order valence-electron chi connectivity index (χ3n) is 1.01. The molecule has 2 N–H and O–H groups in total. The quantitative estimate of drug-likeness (QED) is 0.316. The van der Waals surface area contributed by atoms with Gasteiger partial charge in [0, 0.05) is 59.1 Å². The van der Waals surface area contributed by atoms with Crippen LogP contribution in [0, 0.1) is 0 Å². The second-order valence-electron chi connectivity index (χ2n) is 1.82. The molecule has 0 spiro atoms. The Balaban J connectivity index is 0. The van der Waals surface area contributed by atoms with Crippen molar-refractivity contribution in [1.82, 2.24) is 0 Å². The second-order valence-corrected chi connectivity index (χ2v) is 3.51. The molecular weight excluding hydrogens is 177 g/mol. The predicted octanol–water partition coefficient (Wildman–Crippen LogP) is -0.853. The molecule has 0 aromatic carbocycles. The summed E-state index contributed by atoms with van der Waals surface area (Å²) in [7, 11) is -3.90. The first kappa shape index (κ1) is 14.6. The molecule has 0 bridgehead atoms. The van der Waals surface area contributed by atoms with Crippen molar-refractivity contribution >= 4 is 66.7 Å². The molecule has 0 aliphatic carbocycles. The SMILES string of the molecule is C[C@@H]1O[C@@H]1P(=O)(O)O.[Na].[Na]. The summed E-state index contributed by atoms with van der Waals surface area (Å²) in [6.45, 7) is 1.63. The summed E-state index contributed by atoms with van der Waals surface area (Å²) in [6.07, 6.45) is -0.254. The van der Waals surface area contributed by atoms with E-state index in [1.54, 1.807) is 6.92 Å². The molecule has 0 unspecified atom stereocenters. The van der Waals surface area contributed by atoms with Crippen LogP contribution < -0.4 is 0 Å². The number of epoxide rings is 1. The van der Waals surface area contributed by atoms with Gasteiger partial charge in [0.1, 0.15) is 0 Å². The molecule has 10 heavy (non-hydrogen) atoms. The van der Waals surface area contributed by atoms with Crippen molar-refractivity contribution in [1.29, 1.82) is 0 Å². The average molecular weight is 184 g/mol. The van der Waals surface area contributed by atoms with Gasteiger partial charge >= 0.3 is 7.60 Å².